The van der Waals surface area contributed by atoms with Crippen LogP contribution in [0.3, 0.4) is 0 Å². The minimum atomic E-state index is 0.524. The molecule has 1 fully saturated rings. The average molecular weight is 374 g/mol. The van der Waals surface area contributed by atoms with Gasteiger partial charge in [0, 0.05) is 35.8 Å². The molecule has 1 aliphatic rings. The van der Waals surface area contributed by atoms with Crippen LogP contribution < -0.4 is 0 Å². The van der Waals surface area contributed by atoms with E-state index in [1.54, 1.807) is 0 Å². The number of nitrogens with one attached hydrogen (secondary N) is 1. The largest absolute Gasteiger partial charge is 0.344 e. The summed E-state index contributed by atoms with van der Waals surface area (Å²) in [5.74, 6) is 1.61. The fourth-order valence-corrected chi connectivity index (χ4v) is 3.77. The maximum absolute atomic E-state index is 4.70. The number of benzene rings is 1. The molecule has 3 aromatic rings. The SMILES string of the molecule is CCCN1CCCC[C@H]1C=Cc1nc(-c2cnc(-c3ccccc3)nc2)c[nH]1. The third kappa shape index (κ3) is 4.37. The van der Waals surface area contributed by atoms with Crippen LogP contribution in [-0.4, -0.2) is 44.0 Å². The molecule has 0 spiro atoms. The molecule has 4 rings (SSSR count). The number of hydrogen-bond donors (Lipinski definition) is 1. The van der Waals surface area contributed by atoms with Crippen molar-refractivity contribution in [1.29, 1.82) is 0 Å². The van der Waals surface area contributed by atoms with Crippen LogP contribution in [0.15, 0.2) is 55.0 Å². The number of aromatic amines is 1. The summed E-state index contributed by atoms with van der Waals surface area (Å²) in [5.41, 5.74) is 2.80. The second-order valence-electron chi connectivity index (χ2n) is 7.29. The second-order valence-corrected chi connectivity index (χ2v) is 7.29. The highest BCUT2D eigenvalue weighted by atomic mass is 15.2. The predicted octanol–water partition coefficient (Wildman–Crippen LogP) is 4.81. The standard InChI is InChI=1S/C23H27N5/c1-2-13-28-14-7-6-10-20(28)11-12-22-24-17-21(27-22)19-15-25-23(26-16-19)18-8-4-3-5-9-18/h3-5,8-9,11-12,15-17,20H,2,6-7,10,13-14H2,1H3,(H,24,27)/t20-/m0/s1. The van der Waals surface area contributed by atoms with Gasteiger partial charge in [0.25, 0.3) is 0 Å². The molecule has 1 saturated heterocycles. The van der Waals surface area contributed by atoms with E-state index in [1.165, 1.54) is 38.8 Å². The number of aromatic nitrogens is 4. The van der Waals surface area contributed by atoms with Gasteiger partial charge in [0.1, 0.15) is 5.82 Å². The van der Waals surface area contributed by atoms with E-state index in [9.17, 15) is 0 Å². The van der Waals surface area contributed by atoms with Crippen molar-refractivity contribution in [3.05, 3.63) is 60.8 Å². The van der Waals surface area contributed by atoms with Crippen LogP contribution in [0.25, 0.3) is 28.7 Å². The summed E-state index contributed by atoms with van der Waals surface area (Å²) in [6.07, 6.45) is 15.1. The van der Waals surface area contributed by atoms with Crippen molar-refractivity contribution >= 4 is 6.08 Å². The Kier molecular flexibility index (Phi) is 5.92. The monoisotopic (exact) mass is 373 g/mol. The van der Waals surface area contributed by atoms with Crippen molar-refractivity contribution in [3.63, 3.8) is 0 Å². The lowest BCUT2D eigenvalue weighted by atomic mass is 10.0. The van der Waals surface area contributed by atoms with E-state index in [4.69, 9.17) is 4.98 Å². The van der Waals surface area contributed by atoms with Crippen LogP contribution >= 0.6 is 0 Å². The van der Waals surface area contributed by atoms with Gasteiger partial charge in [-0.1, -0.05) is 49.8 Å². The van der Waals surface area contributed by atoms with Gasteiger partial charge in [0.2, 0.25) is 0 Å². The minimum absolute atomic E-state index is 0.524. The number of piperidine rings is 1. The van der Waals surface area contributed by atoms with Crippen molar-refractivity contribution in [2.45, 2.75) is 38.6 Å². The van der Waals surface area contributed by atoms with Crippen LogP contribution in [0.5, 0.6) is 0 Å². The van der Waals surface area contributed by atoms with Gasteiger partial charge in [-0.25, -0.2) is 15.0 Å². The number of nitrogens with zero attached hydrogens (tertiary/aromatic N) is 4. The summed E-state index contributed by atoms with van der Waals surface area (Å²) in [6.45, 7) is 4.63. The van der Waals surface area contributed by atoms with Gasteiger partial charge in [-0.15, -0.1) is 0 Å². The first-order chi connectivity index (χ1) is 13.8. The van der Waals surface area contributed by atoms with Crippen LogP contribution in [0.1, 0.15) is 38.4 Å². The summed E-state index contributed by atoms with van der Waals surface area (Å²) in [4.78, 5) is 19.5. The maximum atomic E-state index is 4.70. The molecule has 0 aliphatic carbocycles. The lowest BCUT2D eigenvalue weighted by Crippen LogP contribution is -2.38. The van der Waals surface area contributed by atoms with Gasteiger partial charge in [-0.2, -0.15) is 0 Å². The lowest BCUT2D eigenvalue weighted by molar-refractivity contribution is 0.181. The summed E-state index contributed by atoms with van der Waals surface area (Å²) >= 11 is 0. The second kappa shape index (κ2) is 8.93. The number of H-pyrrole nitrogens is 1. The number of rotatable bonds is 6. The molecule has 3 heterocycles. The molecule has 0 unspecified atom stereocenters. The highest BCUT2D eigenvalue weighted by molar-refractivity contribution is 5.61. The quantitative estimate of drug-likeness (QED) is 0.673. The number of hydrogen-bond acceptors (Lipinski definition) is 4. The van der Waals surface area contributed by atoms with E-state index >= 15 is 0 Å². The molecule has 144 valence electrons. The molecule has 1 aliphatic heterocycles. The van der Waals surface area contributed by atoms with E-state index in [-0.39, 0.29) is 0 Å². The van der Waals surface area contributed by atoms with E-state index in [0.717, 1.165) is 28.5 Å². The topological polar surface area (TPSA) is 57.7 Å². The molecule has 1 aromatic carbocycles. The first-order valence-corrected chi connectivity index (χ1v) is 10.2. The fraction of sp³-hybridized carbons (Fsp3) is 0.348. The van der Waals surface area contributed by atoms with E-state index < -0.39 is 0 Å². The fourth-order valence-electron chi connectivity index (χ4n) is 3.77. The summed E-state index contributed by atoms with van der Waals surface area (Å²) in [6, 6.07) is 10.5. The number of imidazole rings is 1. The summed E-state index contributed by atoms with van der Waals surface area (Å²) in [7, 11) is 0. The molecular formula is C23H27N5. The number of likely N-dealkylation sites (tertiary alicyclic amines) is 1. The molecule has 5 nitrogen and oxygen atoms in total. The summed E-state index contributed by atoms with van der Waals surface area (Å²) in [5, 5.41) is 0. The molecule has 0 bridgehead atoms. The van der Waals surface area contributed by atoms with Crippen LogP contribution in [-0.2, 0) is 0 Å². The van der Waals surface area contributed by atoms with Gasteiger partial charge in [0.15, 0.2) is 5.82 Å². The van der Waals surface area contributed by atoms with Crippen LogP contribution in [0, 0.1) is 0 Å². The molecule has 1 N–H and O–H groups in total. The van der Waals surface area contributed by atoms with Gasteiger partial charge >= 0.3 is 0 Å². The third-order valence-electron chi connectivity index (χ3n) is 5.23. The Morgan fingerprint density at radius 1 is 1.11 bits per heavy atom. The van der Waals surface area contributed by atoms with Crippen molar-refractivity contribution in [2.24, 2.45) is 0 Å². The molecule has 0 amide bonds. The Bertz CT molecular complexity index is 896. The van der Waals surface area contributed by atoms with E-state index in [2.05, 4.69) is 38.9 Å². The van der Waals surface area contributed by atoms with Gasteiger partial charge in [-0.3, -0.25) is 4.90 Å². The average Bonchev–Trinajstić information content (AvgIpc) is 3.23. The first-order valence-electron chi connectivity index (χ1n) is 10.2. The normalized spacial score (nSPS) is 18.0. The smallest absolute Gasteiger partial charge is 0.159 e. The van der Waals surface area contributed by atoms with Crippen molar-refractivity contribution in [3.8, 4) is 22.6 Å². The van der Waals surface area contributed by atoms with E-state index in [1.807, 2.05) is 48.9 Å². The highest BCUT2D eigenvalue weighted by Crippen LogP contribution is 2.21. The minimum Gasteiger partial charge on any atom is -0.344 e. The highest BCUT2D eigenvalue weighted by Gasteiger charge is 2.19. The molecule has 0 saturated carbocycles. The molecular weight excluding hydrogens is 346 g/mol. The van der Waals surface area contributed by atoms with Gasteiger partial charge in [-0.05, 0) is 38.4 Å². The zero-order valence-corrected chi connectivity index (χ0v) is 16.4. The predicted molar refractivity (Wildman–Crippen MR) is 114 cm³/mol. The van der Waals surface area contributed by atoms with Gasteiger partial charge in [0.05, 0.1) is 5.69 Å². The molecule has 1 atom stereocenters. The maximum Gasteiger partial charge on any atom is 0.159 e. The zero-order valence-electron chi connectivity index (χ0n) is 16.4. The van der Waals surface area contributed by atoms with Crippen molar-refractivity contribution < 1.29 is 0 Å². The Morgan fingerprint density at radius 3 is 2.71 bits per heavy atom. The lowest BCUT2D eigenvalue weighted by Gasteiger charge is -2.33. The third-order valence-corrected chi connectivity index (χ3v) is 5.23. The van der Waals surface area contributed by atoms with Gasteiger partial charge < -0.3 is 4.98 Å². The Balaban J connectivity index is 1.45. The zero-order chi connectivity index (χ0) is 19.2. The van der Waals surface area contributed by atoms with Crippen molar-refractivity contribution in [2.75, 3.05) is 13.1 Å². The molecule has 5 heteroatoms. The van der Waals surface area contributed by atoms with Crippen molar-refractivity contribution in [1.82, 2.24) is 24.8 Å². The Hall–Kier alpha value is -2.79. The van der Waals surface area contributed by atoms with Crippen LogP contribution in [0.2, 0.25) is 0 Å². The van der Waals surface area contributed by atoms with Crippen LogP contribution in [0.4, 0.5) is 0 Å². The Morgan fingerprint density at radius 2 is 1.93 bits per heavy atom. The first kappa shape index (κ1) is 18.6. The Labute approximate surface area is 166 Å². The summed E-state index contributed by atoms with van der Waals surface area (Å²) < 4.78 is 0. The molecule has 28 heavy (non-hydrogen) atoms. The van der Waals surface area contributed by atoms with E-state index in [0.29, 0.717) is 6.04 Å². The molecule has 0 radical (unpaired) electrons. The molecule has 2 aromatic heterocycles.